The quantitative estimate of drug-likeness (QED) is 0.444. The summed E-state index contributed by atoms with van der Waals surface area (Å²) < 4.78 is 31.3. The maximum atomic E-state index is 12.5. The highest BCUT2D eigenvalue weighted by Gasteiger charge is 2.22. The lowest BCUT2D eigenvalue weighted by molar-refractivity contribution is 0.251. The van der Waals surface area contributed by atoms with Gasteiger partial charge in [-0.3, -0.25) is 0 Å². The molecule has 1 atom stereocenters. The van der Waals surface area contributed by atoms with Gasteiger partial charge in [-0.1, -0.05) is 19.1 Å². The van der Waals surface area contributed by atoms with Crippen molar-refractivity contribution < 1.29 is 13.2 Å². The summed E-state index contributed by atoms with van der Waals surface area (Å²) in [6.07, 6.45) is 2.99. The van der Waals surface area contributed by atoms with Gasteiger partial charge in [-0.15, -0.1) is 0 Å². The van der Waals surface area contributed by atoms with E-state index in [2.05, 4.69) is 28.0 Å². The molecule has 0 radical (unpaired) electrons. The molecule has 0 unspecified atom stereocenters. The fraction of sp³-hybridized carbons (Fsp3) is 0.346. The second-order valence-electron chi connectivity index (χ2n) is 9.05. The van der Waals surface area contributed by atoms with Crippen molar-refractivity contribution in [1.82, 2.24) is 14.9 Å². The van der Waals surface area contributed by atoms with Gasteiger partial charge in [0.25, 0.3) is 0 Å². The molecule has 2 aromatic heterocycles. The molecule has 1 aliphatic heterocycles. The number of aromatic nitrogens is 2. The number of pyridine rings is 1. The van der Waals surface area contributed by atoms with Gasteiger partial charge in [0.15, 0.2) is 9.84 Å². The van der Waals surface area contributed by atoms with Crippen molar-refractivity contribution >= 4 is 31.8 Å². The van der Waals surface area contributed by atoms with E-state index in [-0.39, 0.29) is 5.75 Å². The molecule has 172 valence electrons. The Hall–Kier alpha value is -2.90. The molecule has 0 aliphatic carbocycles. The standard InChI is InChI=1S/C26H29N3O3S/c1-4-33(30,31)20-7-5-6-19(13-20)21-8-9-23(32-16-18-10-11-29(3)15-18)25-24(21)22-12-17(2)14-27-26(22)28-25/h5-9,12-14,18H,4,10-11,15-16H2,1-3H3,(H,27,28)/t18-/m0/s1. The largest absolute Gasteiger partial charge is 0.491 e. The summed E-state index contributed by atoms with van der Waals surface area (Å²) >= 11 is 0. The van der Waals surface area contributed by atoms with Gasteiger partial charge in [-0.2, -0.15) is 0 Å². The minimum atomic E-state index is -3.30. The fourth-order valence-corrected chi connectivity index (χ4v) is 5.65. The van der Waals surface area contributed by atoms with Gasteiger partial charge in [0.2, 0.25) is 0 Å². The zero-order chi connectivity index (χ0) is 23.2. The summed E-state index contributed by atoms with van der Waals surface area (Å²) in [5, 5.41) is 2.02. The molecular weight excluding hydrogens is 434 g/mol. The van der Waals surface area contributed by atoms with Crippen LogP contribution in [0.4, 0.5) is 0 Å². The molecule has 0 spiro atoms. The minimum Gasteiger partial charge on any atom is -0.491 e. The molecule has 1 N–H and O–H groups in total. The lowest BCUT2D eigenvalue weighted by Gasteiger charge is -2.14. The van der Waals surface area contributed by atoms with Crippen LogP contribution in [0.2, 0.25) is 0 Å². The van der Waals surface area contributed by atoms with Crippen molar-refractivity contribution in [2.45, 2.75) is 25.2 Å². The summed E-state index contributed by atoms with van der Waals surface area (Å²) in [7, 11) is -1.15. The Balaban J connectivity index is 1.65. The van der Waals surface area contributed by atoms with Crippen LogP contribution < -0.4 is 4.74 Å². The average Bonchev–Trinajstić information content (AvgIpc) is 3.41. The number of H-pyrrole nitrogens is 1. The topological polar surface area (TPSA) is 75.3 Å². The highest BCUT2D eigenvalue weighted by atomic mass is 32.2. The SMILES string of the molecule is CCS(=O)(=O)c1cccc(-c2ccc(OC[C@H]3CCN(C)C3)c3[nH]c4ncc(C)cc4c23)c1. The number of nitrogens with zero attached hydrogens (tertiary/aromatic N) is 2. The van der Waals surface area contributed by atoms with Gasteiger partial charge in [-0.25, -0.2) is 13.4 Å². The first-order valence-electron chi connectivity index (χ1n) is 11.4. The Labute approximate surface area is 194 Å². The molecule has 5 rings (SSSR count). The van der Waals surface area contributed by atoms with E-state index in [0.29, 0.717) is 17.4 Å². The van der Waals surface area contributed by atoms with Gasteiger partial charge in [0, 0.05) is 29.4 Å². The van der Waals surface area contributed by atoms with Gasteiger partial charge in [0.1, 0.15) is 11.4 Å². The second-order valence-corrected chi connectivity index (χ2v) is 11.3. The number of ether oxygens (including phenoxy) is 1. The highest BCUT2D eigenvalue weighted by Crippen LogP contribution is 2.39. The number of likely N-dealkylation sites (tertiary alicyclic amines) is 1. The number of aryl methyl sites for hydroxylation is 1. The van der Waals surface area contributed by atoms with Crippen LogP contribution in [0.3, 0.4) is 0 Å². The Morgan fingerprint density at radius 3 is 2.82 bits per heavy atom. The number of benzene rings is 2. The molecule has 0 amide bonds. The Bertz CT molecular complexity index is 1440. The molecular formula is C26H29N3O3S. The molecule has 0 bridgehead atoms. The van der Waals surface area contributed by atoms with Crippen molar-refractivity contribution in [3.63, 3.8) is 0 Å². The number of hydrogen-bond donors (Lipinski definition) is 1. The third-order valence-corrected chi connectivity index (χ3v) is 8.28. The molecule has 3 heterocycles. The van der Waals surface area contributed by atoms with E-state index in [4.69, 9.17) is 4.74 Å². The first-order valence-corrected chi connectivity index (χ1v) is 13.1. The lowest BCUT2D eigenvalue weighted by atomic mass is 9.99. The lowest BCUT2D eigenvalue weighted by Crippen LogP contribution is -2.18. The van der Waals surface area contributed by atoms with Gasteiger partial charge >= 0.3 is 0 Å². The molecule has 6 nitrogen and oxygen atoms in total. The van der Waals surface area contributed by atoms with Gasteiger partial charge < -0.3 is 14.6 Å². The van der Waals surface area contributed by atoms with Crippen LogP contribution in [0.25, 0.3) is 33.1 Å². The predicted octanol–water partition coefficient (Wildman–Crippen LogP) is 4.82. The van der Waals surface area contributed by atoms with Gasteiger partial charge in [-0.05, 0) is 74.0 Å². The molecule has 33 heavy (non-hydrogen) atoms. The number of fused-ring (bicyclic) bond motifs is 3. The average molecular weight is 464 g/mol. The second kappa shape index (κ2) is 8.47. The summed E-state index contributed by atoms with van der Waals surface area (Å²) in [6.45, 7) is 6.52. The molecule has 4 aromatic rings. The van der Waals surface area contributed by atoms with Crippen LogP contribution >= 0.6 is 0 Å². The summed E-state index contributed by atoms with van der Waals surface area (Å²) in [5.74, 6) is 1.40. The first-order chi connectivity index (χ1) is 15.9. The van der Waals surface area contributed by atoms with E-state index in [0.717, 1.165) is 63.9 Å². The zero-order valence-corrected chi connectivity index (χ0v) is 20.1. The Kier molecular flexibility index (Phi) is 5.62. The van der Waals surface area contributed by atoms with Crippen molar-refractivity contribution in [3.8, 4) is 16.9 Å². The first kappa shape index (κ1) is 21.9. The number of hydrogen-bond acceptors (Lipinski definition) is 5. The van der Waals surface area contributed by atoms with E-state index in [1.165, 1.54) is 0 Å². The van der Waals surface area contributed by atoms with Crippen LogP contribution in [0.1, 0.15) is 18.9 Å². The van der Waals surface area contributed by atoms with Crippen LogP contribution in [0, 0.1) is 12.8 Å². The fourth-order valence-electron chi connectivity index (χ4n) is 4.72. The van der Waals surface area contributed by atoms with Crippen molar-refractivity contribution in [2.75, 3.05) is 32.5 Å². The zero-order valence-electron chi connectivity index (χ0n) is 19.3. The maximum absolute atomic E-state index is 12.5. The molecule has 1 fully saturated rings. The van der Waals surface area contributed by atoms with Crippen LogP contribution in [-0.4, -0.2) is 55.8 Å². The summed E-state index contributed by atoms with van der Waals surface area (Å²) in [6, 6.07) is 13.3. The Morgan fingerprint density at radius 2 is 2.06 bits per heavy atom. The molecule has 0 saturated carbocycles. The maximum Gasteiger partial charge on any atom is 0.178 e. The van der Waals surface area contributed by atoms with Crippen molar-refractivity contribution in [3.05, 3.63) is 54.2 Å². The number of rotatable bonds is 6. The van der Waals surface area contributed by atoms with Crippen LogP contribution in [0.5, 0.6) is 5.75 Å². The Morgan fingerprint density at radius 1 is 1.21 bits per heavy atom. The van der Waals surface area contributed by atoms with E-state index in [9.17, 15) is 8.42 Å². The van der Waals surface area contributed by atoms with E-state index >= 15 is 0 Å². The highest BCUT2D eigenvalue weighted by molar-refractivity contribution is 7.91. The summed E-state index contributed by atoms with van der Waals surface area (Å²) in [5.41, 5.74) is 4.59. The summed E-state index contributed by atoms with van der Waals surface area (Å²) in [4.78, 5) is 10.7. The normalized spacial score (nSPS) is 17.2. The molecule has 1 saturated heterocycles. The van der Waals surface area contributed by atoms with Crippen molar-refractivity contribution in [2.24, 2.45) is 5.92 Å². The predicted molar refractivity (Wildman–Crippen MR) is 133 cm³/mol. The smallest absolute Gasteiger partial charge is 0.178 e. The number of sulfone groups is 1. The number of nitrogens with one attached hydrogen (secondary N) is 1. The van der Waals surface area contributed by atoms with Crippen LogP contribution in [-0.2, 0) is 9.84 Å². The van der Waals surface area contributed by atoms with E-state index in [1.807, 2.05) is 37.4 Å². The third-order valence-electron chi connectivity index (χ3n) is 6.55. The molecule has 2 aromatic carbocycles. The molecule has 1 aliphatic rings. The van der Waals surface area contributed by atoms with E-state index < -0.39 is 9.84 Å². The molecule has 7 heteroatoms. The number of aromatic amines is 1. The van der Waals surface area contributed by atoms with E-state index in [1.54, 1.807) is 19.1 Å². The monoisotopic (exact) mass is 463 g/mol. The van der Waals surface area contributed by atoms with Crippen LogP contribution in [0.15, 0.2) is 53.6 Å². The minimum absolute atomic E-state index is 0.0746. The third kappa shape index (κ3) is 4.11. The van der Waals surface area contributed by atoms with Gasteiger partial charge in [0.05, 0.1) is 22.8 Å². The van der Waals surface area contributed by atoms with Crippen molar-refractivity contribution in [1.29, 1.82) is 0 Å².